The van der Waals surface area contributed by atoms with Gasteiger partial charge < -0.3 is 10.1 Å². The van der Waals surface area contributed by atoms with Gasteiger partial charge in [0.15, 0.2) is 0 Å². The lowest BCUT2D eigenvalue weighted by atomic mass is 9.98. The summed E-state index contributed by atoms with van der Waals surface area (Å²) in [4.78, 5) is 11.8. The molecule has 1 aromatic rings. The van der Waals surface area contributed by atoms with Crippen molar-refractivity contribution in [1.82, 2.24) is 0 Å². The molecular weight excluding hydrogens is 226 g/mol. The second-order valence-corrected chi connectivity index (χ2v) is 5.65. The predicted octanol–water partition coefficient (Wildman–Crippen LogP) is 3.70. The molecule has 1 atom stereocenters. The van der Waals surface area contributed by atoms with E-state index in [9.17, 15) is 4.79 Å². The highest BCUT2D eigenvalue weighted by atomic mass is 16.5. The molecule has 0 aromatic heterocycles. The second kappa shape index (κ2) is 4.63. The fourth-order valence-electron chi connectivity index (χ4n) is 2.19. The number of nitrogens with one attached hydrogen (secondary N) is 1. The van der Waals surface area contributed by atoms with Gasteiger partial charge in [-0.25, -0.2) is 0 Å². The standard InChI is InChI=1S/C15H21NO2/c1-5-10(2)11-6-7-13-12(8-11)16-14(17)9-15(3,4)18-13/h6-8,10H,5,9H2,1-4H3,(H,16,17). The zero-order chi connectivity index (χ0) is 13.3. The van der Waals surface area contributed by atoms with Crippen LogP contribution in [0.4, 0.5) is 5.69 Å². The Kier molecular flexibility index (Phi) is 3.33. The first-order valence-corrected chi connectivity index (χ1v) is 6.54. The van der Waals surface area contributed by atoms with Gasteiger partial charge in [-0.1, -0.05) is 19.9 Å². The fourth-order valence-corrected chi connectivity index (χ4v) is 2.19. The molecular formula is C15H21NO2. The lowest BCUT2D eigenvalue weighted by molar-refractivity contribution is -0.118. The summed E-state index contributed by atoms with van der Waals surface area (Å²) >= 11 is 0. The van der Waals surface area contributed by atoms with Crippen LogP contribution in [0.3, 0.4) is 0 Å². The van der Waals surface area contributed by atoms with Crippen LogP contribution in [0.2, 0.25) is 0 Å². The molecule has 0 spiro atoms. The van der Waals surface area contributed by atoms with Gasteiger partial charge in [-0.3, -0.25) is 4.79 Å². The smallest absolute Gasteiger partial charge is 0.228 e. The van der Waals surface area contributed by atoms with Gasteiger partial charge in [0.1, 0.15) is 11.4 Å². The molecule has 0 saturated carbocycles. The average Bonchev–Trinajstić information content (AvgIpc) is 2.40. The first kappa shape index (κ1) is 12.9. The van der Waals surface area contributed by atoms with Gasteiger partial charge in [0.05, 0.1) is 12.1 Å². The maximum absolute atomic E-state index is 11.8. The van der Waals surface area contributed by atoms with Crippen molar-refractivity contribution in [1.29, 1.82) is 0 Å². The van der Waals surface area contributed by atoms with Crippen LogP contribution in [-0.2, 0) is 4.79 Å². The Labute approximate surface area is 109 Å². The topological polar surface area (TPSA) is 38.3 Å². The van der Waals surface area contributed by atoms with Crippen LogP contribution in [0.25, 0.3) is 0 Å². The van der Waals surface area contributed by atoms with E-state index in [0.29, 0.717) is 12.3 Å². The zero-order valence-electron chi connectivity index (χ0n) is 11.5. The maximum Gasteiger partial charge on any atom is 0.228 e. The number of hydrogen-bond donors (Lipinski definition) is 1. The molecule has 0 aliphatic carbocycles. The number of carbonyl (C=O) groups is 1. The lowest BCUT2D eigenvalue weighted by Crippen LogP contribution is -2.30. The molecule has 1 aliphatic heterocycles. The lowest BCUT2D eigenvalue weighted by Gasteiger charge is -2.23. The third-order valence-electron chi connectivity index (χ3n) is 3.43. The van der Waals surface area contributed by atoms with E-state index in [1.54, 1.807) is 0 Å². The Hall–Kier alpha value is -1.51. The molecule has 98 valence electrons. The molecule has 3 heteroatoms. The summed E-state index contributed by atoms with van der Waals surface area (Å²) in [6, 6.07) is 6.08. The largest absolute Gasteiger partial charge is 0.485 e. The van der Waals surface area contributed by atoms with E-state index >= 15 is 0 Å². The van der Waals surface area contributed by atoms with Crippen LogP contribution in [0, 0.1) is 0 Å². The Bertz CT molecular complexity index is 466. The SMILES string of the molecule is CCC(C)c1ccc2c(c1)NC(=O)CC(C)(C)O2. The summed E-state index contributed by atoms with van der Waals surface area (Å²) in [7, 11) is 0. The van der Waals surface area contributed by atoms with Gasteiger partial charge in [0.25, 0.3) is 0 Å². The number of anilines is 1. The van der Waals surface area contributed by atoms with Crippen LogP contribution in [0.5, 0.6) is 5.75 Å². The van der Waals surface area contributed by atoms with Gasteiger partial charge in [0.2, 0.25) is 5.91 Å². The van der Waals surface area contributed by atoms with Crippen molar-refractivity contribution >= 4 is 11.6 Å². The van der Waals surface area contributed by atoms with Crippen molar-refractivity contribution in [2.75, 3.05) is 5.32 Å². The normalized spacial score (nSPS) is 19.2. The maximum atomic E-state index is 11.8. The molecule has 1 unspecified atom stereocenters. The summed E-state index contributed by atoms with van der Waals surface area (Å²) in [5, 5.41) is 2.93. The van der Waals surface area contributed by atoms with Crippen molar-refractivity contribution in [3.05, 3.63) is 23.8 Å². The van der Waals surface area contributed by atoms with Crippen LogP contribution in [0.15, 0.2) is 18.2 Å². The summed E-state index contributed by atoms with van der Waals surface area (Å²) in [5.74, 6) is 1.27. The van der Waals surface area contributed by atoms with Crippen molar-refractivity contribution < 1.29 is 9.53 Å². The minimum Gasteiger partial charge on any atom is -0.485 e. The van der Waals surface area contributed by atoms with Crippen LogP contribution >= 0.6 is 0 Å². The fraction of sp³-hybridized carbons (Fsp3) is 0.533. The molecule has 0 radical (unpaired) electrons. The first-order chi connectivity index (χ1) is 8.41. The quantitative estimate of drug-likeness (QED) is 0.865. The number of ether oxygens (including phenoxy) is 1. The highest BCUT2D eigenvalue weighted by molar-refractivity contribution is 5.93. The number of hydrogen-bond acceptors (Lipinski definition) is 2. The second-order valence-electron chi connectivity index (χ2n) is 5.65. The first-order valence-electron chi connectivity index (χ1n) is 6.54. The van der Waals surface area contributed by atoms with Crippen LogP contribution in [0.1, 0.15) is 52.0 Å². The Morgan fingerprint density at radius 2 is 2.17 bits per heavy atom. The average molecular weight is 247 g/mol. The van der Waals surface area contributed by atoms with E-state index in [0.717, 1.165) is 17.9 Å². The molecule has 18 heavy (non-hydrogen) atoms. The van der Waals surface area contributed by atoms with E-state index in [1.807, 2.05) is 26.0 Å². The molecule has 3 nitrogen and oxygen atoms in total. The zero-order valence-corrected chi connectivity index (χ0v) is 11.5. The van der Waals surface area contributed by atoms with Gasteiger partial charge in [-0.15, -0.1) is 0 Å². The molecule has 1 aliphatic rings. The Balaban J connectivity index is 2.38. The van der Waals surface area contributed by atoms with Crippen LogP contribution in [-0.4, -0.2) is 11.5 Å². The minimum absolute atomic E-state index is 0.0139. The number of fused-ring (bicyclic) bond motifs is 1. The van der Waals surface area contributed by atoms with Crippen molar-refractivity contribution in [3.63, 3.8) is 0 Å². The van der Waals surface area contributed by atoms with Crippen molar-refractivity contribution in [2.45, 2.75) is 52.1 Å². The Morgan fingerprint density at radius 3 is 2.83 bits per heavy atom. The third kappa shape index (κ3) is 2.66. The van der Waals surface area contributed by atoms with E-state index in [-0.39, 0.29) is 5.91 Å². The van der Waals surface area contributed by atoms with Gasteiger partial charge >= 0.3 is 0 Å². The van der Waals surface area contributed by atoms with Gasteiger partial charge in [0, 0.05) is 0 Å². The van der Waals surface area contributed by atoms with E-state index < -0.39 is 5.60 Å². The Morgan fingerprint density at radius 1 is 1.44 bits per heavy atom. The molecule has 0 fully saturated rings. The molecule has 1 heterocycles. The van der Waals surface area contributed by atoms with Crippen LogP contribution < -0.4 is 10.1 Å². The molecule has 0 bridgehead atoms. The van der Waals surface area contributed by atoms with E-state index in [2.05, 4.69) is 25.2 Å². The van der Waals surface area contributed by atoms with E-state index in [1.165, 1.54) is 5.56 Å². The summed E-state index contributed by atoms with van der Waals surface area (Å²) in [6.07, 6.45) is 1.46. The third-order valence-corrected chi connectivity index (χ3v) is 3.43. The molecule has 2 rings (SSSR count). The van der Waals surface area contributed by atoms with Gasteiger partial charge in [-0.2, -0.15) is 0 Å². The summed E-state index contributed by atoms with van der Waals surface area (Å²) in [5.41, 5.74) is 1.58. The highest BCUT2D eigenvalue weighted by Gasteiger charge is 2.29. The predicted molar refractivity (Wildman–Crippen MR) is 73.1 cm³/mol. The number of rotatable bonds is 2. The monoisotopic (exact) mass is 247 g/mol. The minimum atomic E-state index is -0.451. The van der Waals surface area contributed by atoms with E-state index in [4.69, 9.17) is 4.74 Å². The highest BCUT2D eigenvalue weighted by Crippen LogP contribution is 2.35. The van der Waals surface area contributed by atoms with Crippen molar-refractivity contribution in [3.8, 4) is 5.75 Å². The molecule has 0 saturated heterocycles. The summed E-state index contributed by atoms with van der Waals surface area (Å²) in [6.45, 7) is 8.22. The number of amides is 1. The molecule has 1 aromatic carbocycles. The van der Waals surface area contributed by atoms with Crippen molar-refractivity contribution in [2.24, 2.45) is 0 Å². The van der Waals surface area contributed by atoms with Gasteiger partial charge in [-0.05, 0) is 43.9 Å². The summed E-state index contributed by atoms with van der Waals surface area (Å²) < 4.78 is 5.90. The number of carbonyl (C=O) groups excluding carboxylic acids is 1. The molecule has 1 N–H and O–H groups in total. The number of benzene rings is 1. The molecule has 1 amide bonds.